The van der Waals surface area contributed by atoms with Gasteiger partial charge in [0.15, 0.2) is 0 Å². The van der Waals surface area contributed by atoms with Crippen LogP contribution in [0.3, 0.4) is 0 Å². The SMILES string of the molecule is CCc1ccc(Oc2ncncc2CO)cc1. The Labute approximate surface area is 99.9 Å². The second kappa shape index (κ2) is 5.41. The molecule has 1 aromatic heterocycles. The molecular formula is C13H14N2O2. The van der Waals surface area contributed by atoms with Crippen molar-refractivity contribution in [3.63, 3.8) is 0 Å². The van der Waals surface area contributed by atoms with Gasteiger partial charge in [-0.05, 0) is 24.1 Å². The molecule has 0 aliphatic heterocycles. The largest absolute Gasteiger partial charge is 0.439 e. The van der Waals surface area contributed by atoms with Crippen molar-refractivity contribution in [2.24, 2.45) is 0 Å². The summed E-state index contributed by atoms with van der Waals surface area (Å²) in [6.45, 7) is 1.97. The van der Waals surface area contributed by atoms with Gasteiger partial charge in [-0.1, -0.05) is 19.1 Å². The molecule has 0 bridgehead atoms. The van der Waals surface area contributed by atoms with Crippen molar-refractivity contribution < 1.29 is 9.84 Å². The van der Waals surface area contributed by atoms with Crippen LogP contribution in [-0.2, 0) is 13.0 Å². The fourth-order valence-electron chi connectivity index (χ4n) is 1.45. The molecule has 0 aliphatic rings. The van der Waals surface area contributed by atoms with Crippen LogP contribution < -0.4 is 4.74 Å². The molecule has 0 unspecified atom stereocenters. The molecule has 4 heteroatoms. The van der Waals surface area contributed by atoms with E-state index in [0.717, 1.165) is 6.42 Å². The number of aryl methyl sites for hydroxylation is 1. The highest BCUT2D eigenvalue weighted by Crippen LogP contribution is 2.22. The van der Waals surface area contributed by atoms with Crippen LogP contribution >= 0.6 is 0 Å². The molecule has 0 fully saturated rings. The normalized spacial score (nSPS) is 10.2. The van der Waals surface area contributed by atoms with Gasteiger partial charge in [-0.2, -0.15) is 0 Å². The Morgan fingerprint density at radius 2 is 2.00 bits per heavy atom. The van der Waals surface area contributed by atoms with E-state index < -0.39 is 0 Å². The van der Waals surface area contributed by atoms with Crippen molar-refractivity contribution in [2.75, 3.05) is 0 Å². The summed E-state index contributed by atoms with van der Waals surface area (Å²) in [5.41, 5.74) is 1.83. The summed E-state index contributed by atoms with van der Waals surface area (Å²) in [4.78, 5) is 7.83. The summed E-state index contributed by atoms with van der Waals surface area (Å²) < 4.78 is 5.59. The van der Waals surface area contributed by atoms with Crippen molar-refractivity contribution in [1.29, 1.82) is 0 Å². The van der Waals surface area contributed by atoms with Crippen molar-refractivity contribution in [3.05, 3.63) is 47.9 Å². The maximum Gasteiger partial charge on any atom is 0.227 e. The van der Waals surface area contributed by atoms with E-state index >= 15 is 0 Å². The van der Waals surface area contributed by atoms with E-state index in [9.17, 15) is 0 Å². The van der Waals surface area contributed by atoms with Gasteiger partial charge < -0.3 is 9.84 Å². The lowest BCUT2D eigenvalue weighted by Gasteiger charge is -2.07. The molecule has 1 aromatic carbocycles. The summed E-state index contributed by atoms with van der Waals surface area (Å²) in [6.07, 6.45) is 3.94. The predicted octanol–water partition coefficient (Wildman–Crippen LogP) is 2.32. The Morgan fingerprint density at radius 1 is 1.24 bits per heavy atom. The zero-order valence-electron chi connectivity index (χ0n) is 9.63. The molecule has 4 nitrogen and oxygen atoms in total. The van der Waals surface area contributed by atoms with Gasteiger partial charge in [0.1, 0.15) is 12.1 Å². The fraction of sp³-hybridized carbons (Fsp3) is 0.231. The fourth-order valence-corrected chi connectivity index (χ4v) is 1.45. The zero-order chi connectivity index (χ0) is 12.1. The van der Waals surface area contributed by atoms with E-state index in [1.54, 1.807) is 6.20 Å². The Morgan fingerprint density at radius 3 is 2.65 bits per heavy atom. The molecule has 2 aromatic rings. The number of ether oxygens (including phenoxy) is 1. The molecule has 1 heterocycles. The van der Waals surface area contributed by atoms with Gasteiger partial charge in [-0.3, -0.25) is 0 Å². The number of nitrogens with zero attached hydrogens (tertiary/aromatic N) is 2. The van der Waals surface area contributed by atoms with Gasteiger partial charge in [-0.25, -0.2) is 9.97 Å². The maximum atomic E-state index is 9.12. The molecular weight excluding hydrogens is 216 g/mol. The Balaban J connectivity index is 2.19. The average molecular weight is 230 g/mol. The topological polar surface area (TPSA) is 55.2 Å². The Hall–Kier alpha value is -1.94. The molecule has 0 radical (unpaired) electrons. The first-order chi connectivity index (χ1) is 8.33. The molecule has 1 N–H and O–H groups in total. The van der Waals surface area contributed by atoms with Gasteiger partial charge in [-0.15, -0.1) is 0 Å². The standard InChI is InChI=1S/C13H14N2O2/c1-2-10-3-5-12(6-4-10)17-13-11(8-16)7-14-9-15-13/h3-7,9,16H,2,8H2,1H3. The Bertz CT molecular complexity index is 483. The van der Waals surface area contributed by atoms with E-state index in [2.05, 4.69) is 16.9 Å². The maximum absolute atomic E-state index is 9.12. The van der Waals surface area contributed by atoms with Gasteiger partial charge in [0.05, 0.1) is 12.2 Å². The molecule has 17 heavy (non-hydrogen) atoms. The van der Waals surface area contributed by atoms with E-state index in [1.807, 2.05) is 24.3 Å². The number of hydrogen-bond donors (Lipinski definition) is 1. The number of hydrogen-bond acceptors (Lipinski definition) is 4. The lowest BCUT2D eigenvalue weighted by Crippen LogP contribution is -1.95. The van der Waals surface area contributed by atoms with Crippen LogP contribution in [0, 0.1) is 0 Å². The van der Waals surface area contributed by atoms with Crippen LogP contribution in [0.4, 0.5) is 0 Å². The van der Waals surface area contributed by atoms with Crippen LogP contribution in [0.5, 0.6) is 11.6 Å². The smallest absolute Gasteiger partial charge is 0.227 e. The zero-order valence-corrected chi connectivity index (χ0v) is 9.63. The number of aliphatic hydroxyl groups is 1. The van der Waals surface area contributed by atoms with Crippen LogP contribution in [0.1, 0.15) is 18.1 Å². The summed E-state index contributed by atoms with van der Waals surface area (Å²) in [5, 5.41) is 9.12. The highest BCUT2D eigenvalue weighted by atomic mass is 16.5. The third-order valence-electron chi connectivity index (χ3n) is 2.46. The second-order valence-corrected chi connectivity index (χ2v) is 3.61. The molecule has 0 spiro atoms. The van der Waals surface area contributed by atoms with E-state index in [-0.39, 0.29) is 6.61 Å². The Kier molecular flexibility index (Phi) is 3.67. The minimum atomic E-state index is -0.136. The molecule has 0 saturated carbocycles. The summed E-state index contributed by atoms with van der Waals surface area (Å²) >= 11 is 0. The lowest BCUT2D eigenvalue weighted by molar-refractivity contribution is 0.274. The number of aromatic nitrogens is 2. The molecule has 0 atom stereocenters. The van der Waals surface area contributed by atoms with Crippen molar-refractivity contribution in [3.8, 4) is 11.6 Å². The number of rotatable bonds is 4. The van der Waals surface area contributed by atoms with Crippen LogP contribution in [0.2, 0.25) is 0 Å². The first-order valence-electron chi connectivity index (χ1n) is 5.50. The van der Waals surface area contributed by atoms with Gasteiger partial charge in [0.25, 0.3) is 0 Å². The average Bonchev–Trinajstić information content (AvgIpc) is 2.40. The summed E-state index contributed by atoms with van der Waals surface area (Å²) in [5.74, 6) is 1.10. The first-order valence-corrected chi connectivity index (χ1v) is 5.50. The molecule has 2 rings (SSSR count). The second-order valence-electron chi connectivity index (χ2n) is 3.61. The molecule has 0 amide bonds. The van der Waals surface area contributed by atoms with Gasteiger partial charge >= 0.3 is 0 Å². The monoisotopic (exact) mass is 230 g/mol. The van der Waals surface area contributed by atoms with Gasteiger partial charge in [0, 0.05) is 6.20 Å². The predicted molar refractivity (Wildman–Crippen MR) is 63.8 cm³/mol. The van der Waals surface area contributed by atoms with Gasteiger partial charge in [0.2, 0.25) is 5.88 Å². The minimum Gasteiger partial charge on any atom is -0.439 e. The first kappa shape index (κ1) is 11.5. The lowest BCUT2D eigenvalue weighted by atomic mass is 10.2. The van der Waals surface area contributed by atoms with E-state index in [4.69, 9.17) is 9.84 Å². The van der Waals surface area contributed by atoms with Crippen molar-refractivity contribution in [1.82, 2.24) is 9.97 Å². The van der Waals surface area contributed by atoms with E-state index in [1.165, 1.54) is 11.9 Å². The summed E-state index contributed by atoms with van der Waals surface area (Å²) in [7, 11) is 0. The van der Waals surface area contributed by atoms with E-state index in [0.29, 0.717) is 17.2 Å². The third-order valence-corrected chi connectivity index (χ3v) is 2.46. The van der Waals surface area contributed by atoms with Crippen LogP contribution in [-0.4, -0.2) is 15.1 Å². The van der Waals surface area contributed by atoms with Crippen LogP contribution in [0.25, 0.3) is 0 Å². The molecule has 88 valence electrons. The quantitative estimate of drug-likeness (QED) is 0.875. The number of benzene rings is 1. The number of aliphatic hydroxyl groups excluding tert-OH is 1. The molecule has 0 saturated heterocycles. The highest BCUT2D eigenvalue weighted by Gasteiger charge is 2.05. The third kappa shape index (κ3) is 2.79. The van der Waals surface area contributed by atoms with Crippen LogP contribution in [0.15, 0.2) is 36.8 Å². The molecule has 0 aliphatic carbocycles. The highest BCUT2D eigenvalue weighted by molar-refractivity contribution is 5.32. The van der Waals surface area contributed by atoms with Crippen molar-refractivity contribution >= 4 is 0 Å². The minimum absolute atomic E-state index is 0.136. The van der Waals surface area contributed by atoms with Crippen molar-refractivity contribution in [2.45, 2.75) is 20.0 Å². The summed E-state index contributed by atoms with van der Waals surface area (Å²) in [6, 6.07) is 7.80.